The van der Waals surface area contributed by atoms with Gasteiger partial charge in [0.15, 0.2) is 25.2 Å². The number of ketones is 1. The molecule has 0 spiro atoms. The molecule has 7 fully saturated rings. The van der Waals surface area contributed by atoms with Crippen LogP contribution in [0.4, 0.5) is 0 Å². The Kier molecular flexibility index (Phi) is 15.5. The minimum Gasteiger partial charge on any atom is -0.392 e. The highest BCUT2D eigenvalue weighted by Gasteiger charge is 2.79. The highest BCUT2D eigenvalue weighted by Crippen LogP contribution is 2.69. The van der Waals surface area contributed by atoms with Crippen molar-refractivity contribution in [3.05, 3.63) is 11.6 Å². The van der Waals surface area contributed by atoms with Crippen molar-refractivity contribution < 1.29 is 87.2 Å². The number of methoxy groups -OCH3 is 4. The van der Waals surface area contributed by atoms with E-state index in [1.54, 1.807) is 42.3 Å². The van der Waals surface area contributed by atoms with E-state index in [-0.39, 0.29) is 49.5 Å². The second-order valence-electron chi connectivity index (χ2n) is 21.5. The molecule has 4 aliphatic carbocycles. The van der Waals surface area contributed by atoms with Crippen LogP contribution in [-0.2, 0) is 61.6 Å². The summed E-state index contributed by atoms with van der Waals surface area (Å²) in [5.74, 6) is -1.53. The predicted octanol–water partition coefficient (Wildman–Crippen LogP) is 2.83. The molecule has 384 valence electrons. The Bertz CT molecular complexity index is 1750. The first-order chi connectivity index (χ1) is 31.7. The number of aliphatic hydroxyl groups is 5. The van der Waals surface area contributed by atoms with Crippen molar-refractivity contribution in [1.82, 2.24) is 0 Å². The van der Waals surface area contributed by atoms with Gasteiger partial charge in [0.1, 0.15) is 41.4 Å². The fraction of sp³-hybridized carbons (Fsp3) is 0.939. The van der Waals surface area contributed by atoms with E-state index in [1.807, 2.05) is 26.8 Å². The summed E-state index contributed by atoms with van der Waals surface area (Å²) in [4.78, 5) is 12.8. The second kappa shape index (κ2) is 20.0. The van der Waals surface area contributed by atoms with Crippen molar-refractivity contribution in [2.24, 2.45) is 22.7 Å². The lowest BCUT2D eigenvalue weighted by Gasteiger charge is -2.66. The Morgan fingerprint density at radius 2 is 1.07 bits per heavy atom. The van der Waals surface area contributed by atoms with Gasteiger partial charge in [-0.05, 0) is 78.6 Å². The van der Waals surface area contributed by atoms with Crippen LogP contribution in [0.5, 0.6) is 0 Å². The van der Waals surface area contributed by atoms with Gasteiger partial charge in [0, 0.05) is 71.4 Å². The average molecular weight is 957 g/mol. The van der Waals surface area contributed by atoms with E-state index in [9.17, 15) is 30.3 Å². The third-order valence-corrected chi connectivity index (χ3v) is 18.0. The Balaban J connectivity index is 0.849. The molecule has 5 N–H and O–H groups in total. The number of carbonyl (C=O) groups excluding carboxylic acids is 1. The van der Waals surface area contributed by atoms with Gasteiger partial charge in [-0.3, -0.25) is 4.79 Å². The molecule has 18 heteroatoms. The lowest BCUT2D eigenvalue weighted by Crippen LogP contribution is -2.78. The normalized spacial score (nSPS) is 53.6. The maximum atomic E-state index is 12.8. The Morgan fingerprint density at radius 1 is 0.627 bits per heavy atom. The smallest absolute Gasteiger partial charge is 0.161 e. The molecular weight excluding hydrogens is 877 g/mol. The van der Waals surface area contributed by atoms with Gasteiger partial charge in [-0.15, -0.1) is 0 Å². The fourth-order valence-electron chi connectivity index (χ4n) is 14.0. The summed E-state index contributed by atoms with van der Waals surface area (Å²) in [5.41, 5.74) is -4.69. The van der Waals surface area contributed by atoms with Crippen LogP contribution in [0.15, 0.2) is 11.6 Å². The quantitative estimate of drug-likeness (QED) is 0.167. The fourth-order valence-corrected chi connectivity index (χ4v) is 14.0. The van der Waals surface area contributed by atoms with Gasteiger partial charge in [-0.25, -0.2) is 0 Å². The topological polar surface area (TPSA) is 229 Å². The van der Waals surface area contributed by atoms with Crippen LogP contribution in [-0.4, -0.2) is 188 Å². The lowest BCUT2D eigenvalue weighted by atomic mass is 9.42. The van der Waals surface area contributed by atoms with Crippen molar-refractivity contribution in [2.75, 3.05) is 28.4 Å². The number of hydrogen-bond acceptors (Lipinski definition) is 18. The first-order valence-corrected chi connectivity index (χ1v) is 24.7. The molecule has 4 saturated heterocycles. The molecule has 0 radical (unpaired) electrons. The average Bonchev–Trinajstić information content (AvgIpc) is 3.51. The molecule has 0 aromatic heterocycles. The van der Waals surface area contributed by atoms with Gasteiger partial charge in [-0.2, -0.15) is 0 Å². The molecule has 3 saturated carbocycles. The summed E-state index contributed by atoms with van der Waals surface area (Å²) in [7, 11) is 6.49. The summed E-state index contributed by atoms with van der Waals surface area (Å²) in [5, 5.41) is 58.5. The Morgan fingerprint density at radius 3 is 1.54 bits per heavy atom. The van der Waals surface area contributed by atoms with E-state index < -0.39 is 126 Å². The van der Waals surface area contributed by atoms with E-state index in [2.05, 4.69) is 6.92 Å². The molecule has 0 unspecified atom stereocenters. The van der Waals surface area contributed by atoms with E-state index in [1.165, 1.54) is 6.92 Å². The molecule has 18 nitrogen and oxygen atoms in total. The first kappa shape index (κ1) is 52.1. The number of aliphatic hydroxyl groups excluding tert-OH is 3. The molecule has 0 bridgehead atoms. The summed E-state index contributed by atoms with van der Waals surface area (Å²) in [6.45, 7) is 12.7. The monoisotopic (exact) mass is 957 g/mol. The zero-order valence-electron chi connectivity index (χ0n) is 41.3. The number of fused-ring (bicyclic) bond motifs is 5. The standard InChI is InChI=1S/C49H80O18/c1-23(50)30-17-37(52)49(55)47(30,7)36(51)22-35-46(6)14-13-29(16-28(46)12-15-48(35,49)54)64-38-19-32(57-9)43(25(3)61-38)66-40-21-34(59-11)45(27(5)63-40)67-41-20-33(58-10)44(26(4)62-41)65-39-18-31(56-8)42(53)24(2)60-39/h12,24-27,29-45,51-55H,13-22H2,1-11H3/t24-,25-,26-,27-,29+,30+,31-,32+,33-,34+,35-,36-,37-,38+,39+,40+,41+,42-,43-,44-,45-,46+,47+,48+,49-/m1/s1. The number of ether oxygens (including phenoxy) is 12. The summed E-state index contributed by atoms with van der Waals surface area (Å²) in [6.07, 6.45) is -4.83. The molecular formula is C49H80O18. The van der Waals surface area contributed by atoms with Gasteiger partial charge in [0.2, 0.25) is 0 Å². The summed E-state index contributed by atoms with van der Waals surface area (Å²) >= 11 is 0. The van der Waals surface area contributed by atoms with E-state index in [4.69, 9.17) is 56.8 Å². The van der Waals surface area contributed by atoms with Crippen molar-refractivity contribution in [2.45, 2.75) is 241 Å². The van der Waals surface area contributed by atoms with Crippen molar-refractivity contribution in [3.8, 4) is 0 Å². The van der Waals surface area contributed by atoms with E-state index in [0.29, 0.717) is 44.9 Å². The number of hydrogen-bond donors (Lipinski definition) is 5. The zero-order valence-corrected chi connectivity index (χ0v) is 41.3. The van der Waals surface area contributed by atoms with Crippen LogP contribution in [0.25, 0.3) is 0 Å². The molecule has 67 heavy (non-hydrogen) atoms. The summed E-state index contributed by atoms with van der Waals surface area (Å²) in [6, 6.07) is 0. The number of carbonyl (C=O) groups is 1. The number of Topliss-reactive ketones (excluding diaryl/α,β-unsaturated/α-hetero) is 1. The third-order valence-electron chi connectivity index (χ3n) is 18.0. The second-order valence-corrected chi connectivity index (χ2v) is 21.5. The minimum absolute atomic E-state index is 0.00600. The highest BCUT2D eigenvalue weighted by molar-refractivity contribution is 5.80. The highest BCUT2D eigenvalue weighted by atomic mass is 16.8. The SMILES string of the molecule is CO[C@H]1C[C@H](O[C@H]2CC[C@@]3(C)C(=CC[C@]4(O)[C@@H]3C[C@@H](O)[C@]3(C)[C@H](C(C)=O)C[C@@H](O)[C@@]34O)C2)O[C@H](C)[C@H]1O[C@H]1C[C@H](OC)[C@H](O[C@H]2C[C@@H](OC)[C@H](O[C@H]3C[C@@H](OC)[C@H](O)[C@@H](C)O3)[C@@H](C)O2)[C@@H](C)O1. The lowest BCUT2D eigenvalue weighted by molar-refractivity contribution is -0.347. The van der Waals surface area contributed by atoms with Gasteiger partial charge >= 0.3 is 0 Å². The van der Waals surface area contributed by atoms with Crippen molar-refractivity contribution >= 4 is 5.78 Å². The maximum Gasteiger partial charge on any atom is 0.161 e. The molecule has 8 aliphatic rings. The Hall–Kier alpha value is -1.27. The predicted molar refractivity (Wildman–Crippen MR) is 236 cm³/mol. The summed E-state index contributed by atoms with van der Waals surface area (Å²) < 4.78 is 75.0. The molecule has 4 aliphatic heterocycles. The molecule has 0 aromatic carbocycles. The van der Waals surface area contributed by atoms with Gasteiger partial charge < -0.3 is 82.4 Å². The van der Waals surface area contributed by atoms with E-state index in [0.717, 1.165) is 5.57 Å². The van der Waals surface area contributed by atoms with Crippen LogP contribution < -0.4 is 0 Å². The van der Waals surface area contributed by atoms with E-state index >= 15 is 0 Å². The minimum atomic E-state index is -2.07. The molecule has 8 rings (SSSR count). The first-order valence-electron chi connectivity index (χ1n) is 24.7. The zero-order chi connectivity index (χ0) is 48.5. The van der Waals surface area contributed by atoms with Gasteiger partial charge in [0.25, 0.3) is 0 Å². The van der Waals surface area contributed by atoms with Crippen LogP contribution in [0.2, 0.25) is 0 Å². The van der Waals surface area contributed by atoms with Crippen LogP contribution in [0.3, 0.4) is 0 Å². The maximum absolute atomic E-state index is 12.8. The van der Waals surface area contributed by atoms with Crippen molar-refractivity contribution in [3.63, 3.8) is 0 Å². The number of rotatable bonds is 13. The Labute approximate surface area is 395 Å². The van der Waals surface area contributed by atoms with Crippen LogP contribution in [0.1, 0.15) is 113 Å². The van der Waals surface area contributed by atoms with Gasteiger partial charge in [0.05, 0.1) is 67.1 Å². The third kappa shape index (κ3) is 8.95. The van der Waals surface area contributed by atoms with Crippen LogP contribution in [0, 0.1) is 22.7 Å². The largest absolute Gasteiger partial charge is 0.392 e. The molecule has 0 aromatic rings. The molecule has 25 atom stereocenters. The van der Waals surface area contributed by atoms with Crippen LogP contribution >= 0.6 is 0 Å². The van der Waals surface area contributed by atoms with Gasteiger partial charge in [-0.1, -0.05) is 25.5 Å². The van der Waals surface area contributed by atoms with Crippen molar-refractivity contribution in [1.29, 1.82) is 0 Å². The molecule has 4 heterocycles. The molecule has 0 amide bonds.